The fourth-order valence-electron chi connectivity index (χ4n) is 3.97. The number of benzene rings is 1. The number of rotatable bonds is 3. The summed E-state index contributed by atoms with van der Waals surface area (Å²) in [6, 6.07) is 5.51. The van der Waals surface area contributed by atoms with Gasteiger partial charge in [0.1, 0.15) is 17.8 Å². The van der Waals surface area contributed by atoms with Crippen LogP contribution in [0.15, 0.2) is 24.3 Å². The minimum Gasteiger partial charge on any atom is -0.381 e. The standard InChI is InChI=1S/C19H19F3N2O2/c20-14-3-1-2-13(9-14)18-17-16(8-12(11-25)10-19(17,21)22)24(23-18)15-4-6-26-7-5-15/h1-3,9,11-12,15H,4-8,10H2. The number of aromatic nitrogens is 2. The van der Waals surface area contributed by atoms with Gasteiger partial charge in [-0.15, -0.1) is 0 Å². The Bertz CT molecular complexity index is 828. The first kappa shape index (κ1) is 17.3. The van der Waals surface area contributed by atoms with E-state index in [1.54, 1.807) is 10.7 Å². The van der Waals surface area contributed by atoms with Gasteiger partial charge in [0.15, 0.2) is 0 Å². The molecule has 2 aromatic rings. The monoisotopic (exact) mass is 364 g/mol. The molecule has 138 valence electrons. The number of fused-ring (bicyclic) bond motifs is 1. The summed E-state index contributed by atoms with van der Waals surface area (Å²) in [5.41, 5.74) is 0.675. The Morgan fingerprint density at radius 2 is 2.04 bits per heavy atom. The Morgan fingerprint density at radius 3 is 2.73 bits per heavy atom. The van der Waals surface area contributed by atoms with Crippen molar-refractivity contribution in [1.82, 2.24) is 9.78 Å². The number of nitrogens with zero attached hydrogens (tertiary/aromatic N) is 2. The molecule has 0 saturated carbocycles. The quantitative estimate of drug-likeness (QED) is 0.776. The molecule has 1 aliphatic carbocycles. The van der Waals surface area contributed by atoms with Crippen LogP contribution in [0.25, 0.3) is 11.3 Å². The highest BCUT2D eigenvalue weighted by molar-refractivity contribution is 5.67. The van der Waals surface area contributed by atoms with Crippen LogP contribution in [-0.2, 0) is 21.9 Å². The molecule has 1 unspecified atom stereocenters. The molecule has 1 aromatic carbocycles. The summed E-state index contributed by atoms with van der Waals surface area (Å²) < 4.78 is 50.5. The predicted octanol–water partition coefficient (Wildman–Crippen LogP) is 3.89. The van der Waals surface area contributed by atoms with Crippen LogP contribution in [0, 0.1) is 11.7 Å². The zero-order valence-corrected chi connectivity index (χ0v) is 14.1. The molecule has 2 heterocycles. The van der Waals surface area contributed by atoms with E-state index < -0.39 is 24.1 Å². The maximum absolute atomic E-state index is 14.9. The van der Waals surface area contributed by atoms with Crippen molar-refractivity contribution in [1.29, 1.82) is 0 Å². The zero-order chi connectivity index (χ0) is 18.3. The molecule has 4 rings (SSSR count). The highest BCUT2D eigenvalue weighted by atomic mass is 19.3. The molecule has 1 fully saturated rings. The fourth-order valence-corrected chi connectivity index (χ4v) is 3.97. The fraction of sp³-hybridized carbons (Fsp3) is 0.474. The van der Waals surface area contributed by atoms with Crippen molar-refractivity contribution in [2.45, 2.75) is 37.6 Å². The summed E-state index contributed by atoms with van der Waals surface area (Å²) in [6.45, 7) is 1.09. The molecule has 1 atom stereocenters. The van der Waals surface area contributed by atoms with Gasteiger partial charge in [0.05, 0.1) is 11.6 Å². The second-order valence-corrected chi connectivity index (χ2v) is 6.98. The minimum absolute atomic E-state index is 0.0546. The lowest BCUT2D eigenvalue weighted by molar-refractivity contribution is -0.116. The molecule has 2 aliphatic rings. The number of aldehydes is 1. The normalized spacial score (nSPS) is 22.8. The van der Waals surface area contributed by atoms with E-state index in [0.29, 0.717) is 43.6 Å². The third-order valence-electron chi connectivity index (χ3n) is 5.18. The van der Waals surface area contributed by atoms with Gasteiger partial charge in [-0.25, -0.2) is 13.2 Å². The lowest BCUT2D eigenvalue weighted by Gasteiger charge is -2.30. The van der Waals surface area contributed by atoms with Gasteiger partial charge in [0.2, 0.25) is 0 Å². The van der Waals surface area contributed by atoms with Crippen LogP contribution in [0.3, 0.4) is 0 Å². The maximum atomic E-state index is 14.9. The number of ether oxygens (including phenoxy) is 1. The van der Waals surface area contributed by atoms with Crippen LogP contribution in [0.4, 0.5) is 13.2 Å². The van der Waals surface area contributed by atoms with Crippen molar-refractivity contribution in [2.75, 3.05) is 13.2 Å². The van der Waals surface area contributed by atoms with Gasteiger partial charge in [-0.3, -0.25) is 4.68 Å². The zero-order valence-electron chi connectivity index (χ0n) is 14.1. The van der Waals surface area contributed by atoms with Gasteiger partial charge in [-0.05, 0) is 31.4 Å². The SMILES string of the molecule is O=CC1Cc2c(c(-c3cccc(F)c3)nn2C2CCOCC2)C(F)(F)C1. The van der Waals surface area contributed by atoms with Crippen molar-refractivity contribution in [3.63, 3.8) is 0 Å². The van der Waals surface area contributed by atoms with Crippen molar-refractivity contribution in [2.24, 2.45) is 5.92 Å². The molecule has 0 radical (unpaired) electrons. The molecule has 1 aromatic heterocycles. The number of hydrogen-bond acceptors (Lipinski definition) is 3. The van der Waals surface area contributed by atoms with Crippen molar-refractivity contribution < 1.29 is 22.7 Å². The topological polar surface area (TPSA) is 44.1 Å². The molecular weight excluding hydrogens is 345 g/mol. The molecule has 0 spiro atoms. The molecule has 1 aliphatic heterocycles. The van der Waals surface area contributed by atoms with E-state index in [4.69, 9.17) is 4.74 Å². The summed E-state index contributed by atoms with van der Waals surface area (Å²) in [6.07, 6.45) is 1.64. The molecule has 26 heavy (non-hydrogen) atoms. The molecule has 0 amide bonds. The van der Waals surface area contributed by atoms with Crippen LogP contribution in [-0.4, -0.2) is 29.3 Å². The van der Waals surface area contributed by atoms with E-state index >= 15 is 0 Å². The Morgan fingerprint density at radius 1 is 1.27 bits per heavy atom. The largest absolute Gasteiger partial charge is 0.381 e. The van der Waals surface area contributed by atoms with E-state index in [1.807, 2.05) is 0 Å². The summed E-state index contributed by atoms with van der Waals surface area (Å²) >= 11 is 0. The summed E-state index contributed by atoms with van der Waals surface area (Å²) in [7, 11) is 0. The number of hydrogen-bond donors (Lipinski definition) is 0. The average Bonchev–Trinajstić information content (AvgIpc) is 3.02. The van der Waals surface area contributed by atoms with Gasteiger partial charge >= 0.3 is 0 Å². The highest BCUT2D eigenvalue weighted by Crippen LogP contribution is 2.47. The van der Waals surface area contributed by atoms with Crippen molar-refractivity contribution >= 4 is 6.29 Å². The van der Waals surface area contributed by atoms with Gasteiger partial charge < -0.3 is 9.53 Å². The number of carbonyl (C=O) groups is 1. The van der Waals surface area contributed by atoms with Gasteiger partial charge in [-0.2, -0.15) is 5.10 Å². The van der Waals surface area contributed by atoms with E-state index in [-0.39, 0.29) is 23.7 Å². The molecule has 1 saturated heterocycles. The molecule has 0 N–H and O–H groups in total. The summed E-state index contributed by atoms with van der Waals surface area (Å²) in [4.78, 5) is 11.2. The first-order chi connectivity index (χ1) is 12.5. The second-order valence-electron chi connectivity index (χ2n) is 6.98. The van der Waals surface area contributed by atoms with Crippen LogP contribution in [0.5, 0.6) is 0 Å². The summed E-state index contributed by atoms with van der Waals surface area (Å²) in [5, 5.41) is 4.49. The van der Waals surface area contributed by atoms with Gasteiger partial charge in [-0.1, -0.05) is 12.1 Å². The highest BCUT2D eigenvalue weighted by Gasteiger charge is 2.46. The smallest absolute Gasteiger partial charge is 0.277 e. The van der Waals surface area contributed by atoms with Crippen molar-refractivity contribution in [3.8, 4) is 11.3 Å². The second kappa shape index (κ2) is 6.54. The van der Waals surface area contributed by atoms with Gasteiger partial charge in [0, 0.05) is 36.8 Å². The Labute approximate surface area is 149 Å². The van der Waals surface area contributed by atoms with Gasteiger partial charge in [0.25, 0.3) is 5.92 Å². The van der Waals surface area contributed by atoms with Crippen LogP contribution >= 0.6 is 0 Å². The molecule has 4 nitrogen and oxygen atoms in total. The Balaban J connectivity index is 1.90. The average molecular weight is 364 g/mol. The number of carbonyl (C=O) groups excluding carboxylic acids is 1. The molecule has 0 bridgehead atoms. The van der Waals surface area contributed by atoms with E-state index in [1.165, 1.54) is 18.2 Å². The lowest BCUT2D eigenvalue weighted by atomic mass is 9.83. The predicted molar refractivity (Wildman–Crippen MR) is 88.5 cm³/mol. The van der Waals surface area contributed by atoms with E-state index in [2.05, 4.69) is 5.10 Å². The van der Waals surface area contributed by atoms with Crippen LogP contribution in [0.1, 0.15) is 36.6 Å². The molecule has 7 heteroatoms. The third-order valence-corrected chi connectivity index (χ3v) is 5.18. The first-order valence-electron chi connectivity index (χ1n) is 8.78. The third kappa shape index (κ3) is 2.94. The Hall–Kier alpha value is -2.15. The van der Waals surface area contributed by atoms with Crippen LogP contribution < -0.4 is 0 Å². The van der Waals surface area contributed by atoms with Crippen LogP contribution in [0.2, 0.25) is 0 Å². The Kier molecular flexibility index (Phi) is 4.34. The lowest BCUT2D eigenvalue weighted by Crippen LogP contribution is -2.31. The van der Waals surface area contributed by atoms with Crippen molar-refractivity contribution in [3.05, 3.63) is 41.3 Å². The summed E-state index contributed by atoms with van der Waals surface area (Å²) in [5.74, 6) is -4.42. The maximum Gasteiger partial charge on any atom is 0.277 e. The van der Waals surface area contributed by atoms with E-state index in [9.17, 15) is 18.0 Å². The van der Waals surface area contributed by atoms with E-state index in [0.717, 1.165) is 0 Å². The minimum atomic E-state index is -3.18. The molecular formula is C19H19F3N2O2. The first-order valence-corrected chi connectivity index (χ1v) is 8.78. The number of halogens is 3. The number of alkyl halides is 2.